The van der Waals surface area contributed by atoms with Gasteiger partial charge in [-0.05, 0) is 0 Å². The van der Waals surface area contributed by atoms with Gasteiger partial charge in [-0.2, -0.15) is 0 Å². The van der Waals surface area contributed by atoms with E-state index in [4.69, 9.17) is 19.6 Å². The Bertz CT molecular complexity index is 520. The maximum Gasteiger partial charge on any atom is 0.407 e. The zero-order valence-corrected chi connectivity index (χ0v) is 14.3. The molecule has 0 rings (SSSR count). The van der Waals surface area contributed by atoms with E-state index in [9.17, 15) is 18.3 Å². The van der Waals surface area contributed by atoms with Crippen LogP contribution < -0.4 is 0 Å². The number of rotatable bonds is 10. The molecular weight excluding hydrogens is 368 g/mol. The molecule has 0 heterocycles. The van der Waals surface area contributed by atoms with Crippen molar-refractivity contribution in [2.24, 2.45) is 0 Å². The molecule has 2 atom stereocenters. The van der Waals surface area contributed by atoms with Crippen LogP contribution in [0.3, 0.4) is 0 Å². The zero-order valence-electron chi connectivity index (χ0n) is 10.7. The molecule has 124 valence electrons. The molecular formula is C7H16O10P4. The van der Waals surface area contributed by atoms with Crippen LogP contribution in [-0.4, -0.2) is 38.7 Å². The van der Waals surface area contributed by atoms with Crippen LogP contribution >= 0.6 is 28.7 Å². The molecule has 0 aliphatic heterocycles. The highest BCUT2D eigenvalue weighted by Gasteiger charge is 2.45. The fourth-order valence-corrected chi connectivity index (χ4v) is 6.25. The van der Waals surface area contributed by atoms with Crippen LogP contribution in [-0.2, 0) is 27.3 Å². The molecule has 0 aliphatic carbocycles. The van der Waals surface area contributed by atoms with Crippen LogP contribution in [0.15, 0.2) is 25.3 Å². The Balaban J connectivity index is 5.09. The lowest BCUT2D eigenvalue weighted by molar-refractivity contribution is 0.129. The fraction of sp³-hybridized carbons (Fsp3) is 0.429. The summed E-state index contributed by atoms with van der Waals surface area (Å²) in [5, 5.41) is 0. The Morgan fingerprint density at radius 1 is 0.762 bits per heavy atom. The molecule has 0 amide bonds. The highest BCUT2D eigenvalue weighted by atomic mass is 32.1. The third kappa shape index (κ3) is 5.70. The molecule has 21 heavy (non-hydrogen) atoms. The van der Waals surface area contributed by atoms with Crippen molar-refractivity contribution in [2.45, 2.75) is 0 Å². The highest BCUT2D eigenvalue weighted by Crippen LogP contribution is 2.80. The van der Waals surface area contributed by atoms with E-state index < -0.39 is 47.8 Å². The van der Waals surface area contributed by atoms with E-state index in [0.29, 0.717) is 0 Å². The van der Waals surface area contributed by atoms with Gasteiger partial charge in [-0.25, -0.2) is 9.13 Å². The average molecular weight is 384 g/mol. The molecule has 0 saturated heterocycles. The lowest BCUT2D eigenvalue weighted by Crippen LogP contribution is -2.02. The van der Waals surface area contributed by atoms with Gasteiger partial charge in [-0.1, -0.05) is 12.2 Å². The molecule has 0 spiro atoms. The predicted octanol–water partition coefficient (Wildman–Crippen LogP) is 2.09. The maximum atomic E-state index is 11.9. The Morgan fingerprint density at radius 3 is 1.24 bits per heavy atom. The highest BCUT2D eigenvalue weighted by molar-refractivity contribution is 8.29. The molecule has 0 aromatic carbocycles. The van der Waals surface area contributed by atoms with Crippen molar-refractivity contribution in [2.75, 3.05) is 19.1 Å². The summed E-state index contributed by atoms with van der Waals surface area (Å²) in [5.74, 6) is 0. The molecule has 0 bridgehead atoms. The SMILES string of the molecule is C=CCP(=O)(OCOP(=O)(CC=C)P(=O)(O)O)P(=O)(O)O. The fourth-order valence-electron chi connectivity index (χ4n) is 0.983. The van der Waals surface area contributed by atoms with Crippen molar-refractivity contribution in [3.05, 3.63) is 25.3 Å². The molecule has 14 heteroatoms. The summed E-state index contributed by atoms with van der Waals surface area (Å²) in [7, 11) is -19.4. The van der Waals surface area contributed by atoms with Crippen molar-refractivity contribution < 1.29 is 46.9 Å². The summed E-state index contributed by atoms with van der Waals surface area (Å²) in [4.78, 5) is 35.8. The van der Waals surface area contributed by atoms with Crippen molar-refractivity contribution in [3.8, 4) is 0 Å². The summed E-state index contributed by atoms with van der Waals surface area (Å²) >= 11 is 0. The van der Waals surface area contributed by atoms with E-state index in [-0.39, 0.29) is 0 Å². The molecule has 0 aromatic heterocycles. The first-order valence-corrected chi connectivity index (χ1v) is 13.4. The van der Waals surface area contributed by atoms with Gasteiger partial charge in [0.1, 0.15) is 0 Å². The Kier molecular flexibility index (Phi) is 7.68. The van der Waals surface area contributed by atoms with Crippen LogP contribution in [0.5, 0.6) is 0 Å². The first kappa shape index (κ1) is 21.2. The van der Waals surface area contributed by atoms with Gasteiger partial charge in [0.2, 0.25) is 0 Å². The minimum Gasteiger partial charge on any atom is -0.318 e. The summed E-state index contributed by atoms with van der Waals surface area (Å²) in [5.41, 5.74) is 0. The molecule has 4 N–H and O–H groups in total. The Hall–Kier alpha value is 0.160. The summed E-state index contributed by atoms with van der Waals surface area (Å²) < 4.78 is 54.8. The second-order valence-electron chi connectivity index (χ2n) is 3.62. The third-order valence-corrected chi connectivity index (χ3v) is 12.5. The quantitative estimate of drug-likeness (QED) is 0.249. The standard InChI is InChI=1S/C7H16O10P4/c1-3-5-18(8,20(10,11)12)16-7-17-19(9,6-4-2)21(13,14)15/h3-4H,1-2,5-7H2,(H2,10,11,12)(H2,13,14,15). The minimum absolute atomic E-state index is 0.692. The van der Waals surface area contributed by atoms with E-state index in [1.165, 1.54) is 0 Å². The Morgan fingerprint density at radius 2 is 1.05 bits per heavy atom. The van der Waals surface area contributed by atoms with Gasteiger partial charge in [0.15, 0.2) is 6.79 Å². The summed E-state index contributed by atoms with van der Waals surface area (Å²) in [6, 6.07) is 0. The van der Waals surface area contributed by atoms with Crippen molar-refractivity contribution in [1.29, 1.82) is 0 Å². The van der Waals surface area contributed by atoms with Gasteiger partial charge in [0.25, 0.3) is 0 Å². The lowest BCUT2D eigenvalue weighted by atomic mass is 10.8. The number of hydrogen-bond acceptors (Lipinski definition) is 6. The number of hydrogen-bond donors (Lipinski definition) is 4. The van der Waals surface area contributed by atoms with Crippen LogP contribution in [0.4, 0.5) is 0 Å². The molecule has 0 aromatic rings. The second-order valence-corrected chi connectivity index (χ2v) is 16.3. The van der Waals surface area contributed by atoms with Gasteiger partial charge in [-0.15, -0.1) is 13.2 Å². The molecule has 0 saturated carbocycles. The van der Waals surface area contributed by atoms with Crippen LogP contribution in [0.25, 0.3) is 0 Å². The van der Waals surface area contributed by atoms with E-state index in [2.05, 4.69) is 22.2 Å². The topological polar surface area (TPSA) is 168 Å². The molecule has 2 unspecified atom stereocenters. The van der Waals surface area contributed by atoms with Gasteiger partial charge < -0.3 is 19.6 Å². The van der Waals surface area contributed by atoms with Crippen LogP contribution in [0.2, 0.25) is 0 Å². The maximum absolute atomic E-state index is 11.9. The second kappa shape index (κ2) is 7.62. The first-order chi connectivity index (χ1) is 9.33. The van der Waals surface area contributed by atoms with E-state index in [0.717, 1.165) is 12.2 Å². The first-order valence-electron chi connectivity index (χ1n) is 5.14. The normalized spacial score (nSPS) is 18.5. The minimum atomic E-state index is -5.16. The predicted molar refractivity (Wildman–Crippen MR) is 76.5 cm³/mol. The van der Waals surface area contributed by atoms with Gasteiger partial charge in [0.05, 0.1) is 12.3 Å². The molecule has 0 radical (unpaired) electrons. The van der Waals surface area contributed by atoms with E-state index >= 15 is 0 Å². The molecule has 0 fully saturated rings. The largest absolute Gasteiger partial charge is 0.407 e. The van der Waals surface area contributed by atoms with E-state index in [1.54, 1.807) is 0 Å². The third-order valence-electron chi connectivity index (χ3n) is 2.02. The van der Waals surface area contributed by atoms with Crippen LogP contribution in [0, 0.1) is 0 Å². The molecule has 0 aliphatic rings. The average Bonchev–Trinajstić information content (AvgIpc) is 2.26. The summed E-state index contributed by atoms with van der Waals surface area (Å²) in [6.07, 6.45) is 0.489. The monoisotopic (exact) mass is 384 g/mol. The molecule has 10 nitrogen and oxygen atoms in total. The zero-order chi connectivity index (χ0) is 16.9. The van der Waals surface area contributed by atoms with Crippen molar-refractivity contribution in [1.82, 2.24) is 0 Å². The number of allylic oxidation sites excluding steroid dienone is 2. The van der Waals surface area contributed by atoms with Gasteiger partial charge in [0, 0.05) is 0 Å². The van der Waals surface area contributed by atoms with Gasteiger partial charge >= 0.3 is 28.7 Å². The smallest absolute Gasteiger partial charge is 0.318 e. The van der Waals surface area contributed by atoms with Crippen molar-refractivity contribution in [3.63, 3.8) is 0 Å². The van der Waals surface area contributed by atoms with Gasteiger partial charge in [-0.3, -0.25) is 18.2 Å². The summed E-state index contributed by atoms with van der Waals surface area (Å²) in [6.45, 7) is 5.08. The lowest BCUT2D eigenvalue weighted by Gasteiger charge is -2.21. The Labute approximate surface area is 120 Å². The van der Waals surface area contributed by atoms with E-state index in [1.807, 2.05) is 0 Å². The van der Waals surface area contributed by atoms with Crippen LogP contribution in [0.1, 0.15) is 0 Å². The van der Waals surface area contributed by atoms with Crippen molar-refractivity contribution >= 4 is 28.7 Å².